The van der Waals surface area contributed by atoms with Gasteiger partial charge >= 0.3 is 0 Å². The lowest BCUT2D eigenvalue weighted by molar-refractivity contribution is 0.0313. The first-order valence-electron chi connectivity index (χ1n) is 8.05. The quantitative estimate of drug-likeness (QED) is 0.594. The molecule has 0 aromatic rings. The average molecular weight is 270 g/mol. The van der Waals surface area contributed by atoms with Crippen LogP contribution in [0.15, 0.2) is 0 Å². The zero-order valence-electron chi connectivity index (χ0n) is 12.3. The monoisotopic (exact) mass is 270 g/mol. The Hall–Kier alpha value is -0.160. The van der Waals surface area contributed by atoms with Gasteiger partial charge in [-0.05, 0) is 51.9 Å². The van der Waals surface area contributed by atoms with E-state index in [1.165, 1.54) is 58.3 Å². The first-order valence-corrected chi connectivity index (χ1v) is 8.05. The molecule has 0 atom stereocenters. The van der Waals surface area contributed by atoms with Gasteiger partial charge in [-0.15, -0.1) is 0 Å². The van der Waals surface area contributed by atoms with Crippen LogP contribution in [0.25, 0.3) is 0 Å². The van der Waals surface area contributed by atoms with Crippen LogP contribution in [0, 0.1) is 0 Å². The number of piperidine rings is 1. The molecule has 2 aliphatic rings. The fourth-order valence-electron chi connectivity index (χ4n) is 2.90. The summed E-state index contributed by atoms with van der Waals surface area (Å²) in [5.41, 5.74) is 0. The molecule has 2 aliphatic heterocycles. The molecular weight excluding hydrogens is 240 g/mol. The zero-order chi connectivity index (χ0) is 13.2. The lowest BCUT2D eigenvalue weighted by Gasteiger charge is -2.26. The summed E-state index contributed by atoms with van der Waals surface area (Å²) in [6, 6.07) is 0. The Morgan fingerprint density at radius 3 is 1.42 bits per heavy atom. The van der Waals surface area contributed by atoms with Crippen LogP contribution in [0.5, 0.6) is 0 Å². The number of ether oxygens (including phenoxy) is 2. The topological polar surface area (TPSA) is 24.9 Å². The Morgan fingerprint density at radius 2 is 0.947 bits per heavy atom. The third-order valence-corrected chi connectivity index (χ3v) is 4.12. The molecule has 0 saturated carbocycles. The molecule has 0 radical (unpaired) electrons. The molecule has 0 amide bonds. The molecule has 0 aromatic carbocycles. The van der Waals surface area contributed by atoms with Gasteiger partial charge in [0.15, 0.2) is 0 Å². The highest BCUT2D eigenvalue weighted by molar-refractivity contribution is 4.65. The Morgan fingerprint density at radius 1 is 0.526 bits per heavy atom. The summed E-state index contributed by atoms with van der Waals surface area (Å²) in [5, 5.41) is 0. The smallest absolute Gasteiger partial charge is 0.0701 e. The summed E-state index contributed by atoms with van der Waals surface area (Å²) in [6.07, 6.45) is 6.85. The van der Waals surface area contributed by atoms with Crippen molar-refractivity contribution in [2.24, 2.45) is 0 Å². The van der Waals surface area contributed by atoms with E-state index in [0.29, 0.717) is 0 Å². The van der Waals surface area contributed by atoms with E-state index in [1.54, 1.807) is 0 Å². The molecule has 2 rings (SSSR count). The van der Waals surface area contributed by atoms with Gasteiger partial charge in [-0.1, -0.05) is 6.42 Å². The summed E-state index contributed by atoms with van der Waals surface area (Å²) in [6.45, 7) is 10.4. The lowest BCUT2D eigenvalue weighted by atomic mass is 10.1. The van der Waals surface area contributed by atoms with E-state index in [2.05, 4.69) is 9.80 Å². The van der Waals surface area contributed by atoms with Crippen molar-refractivity contribution in [1.82, 2.24) is 9.80 Å². The van der Waals surface area contributed by atoms with Gasteiger partial charge in [0.1, 0.15) is 0 Å². The van der Waals surface area contributed by atoms with Crippen LogP contribution in [0.2, 0.25) is 0 Å². The van der Waals surface area contributed by atoms with Crippen LogP contribution in [-0.2, 0) is 9.47 Å². The zero-order valence-corrected chi connectivity index (χ0v) is 12.3. The Labute approximate surface area is 118 Å². The molecule has 2 fully saturated rings. The summed E-state index contributed by atoms with van der Waals surface area (Å²) >= 11 is 0. The van der Waals surface area contributed by atoms with Crippen molar-refractivity contribution in [3.63, 3.8) is 0 Å². The lowest BCUT2D eigenvalue weighted by Crippen LogP contribution is -2.32. The predicted molar refractivity (Wildman–Crippen MR) is 77.6 cm³/mol. The minimum Gasteiger partial charge on any atom is -0.378 e. The maximum atomic E-state index is 5.63. The van der Waals surface area contributed by atoms with Crippen molar-refractivity contribution in [3.8, 4) is 0 Å². The first kappa shape index (κ1) is 15.2. The van der Waals surface area contributed by atoms with E-state index in [-0.39, 0.29) is 0 Å². The molecule has 0 bridgehead atoms. The second-order valence-corrected chi connectivity index (χ2v) is 5.68. The first-order chi connectivity index (χ1) is 9.45. The van der Waals surface area contributed by atoms with Crippen molar-refractivity contribution in [2.45, 2.75) is 32.1 Å². The summed E-state index contributed by atoms with van der Waals surface area (Å²) in [4.78, 5) is 4.99. The van der Waals surface area contributed by atoms with Crippen LogP contribution in [0.4, 0.5) is 0 Å². The van der Waals surface area contributed by atoms with Crippen molar-refractivity contribution in [2.75, 3.05) is 65.7 Å². The van der Waals surface area contributed by atoms with Gasteiger partial charge in [-0.3, -0.25) is 0 Å². The predicted octanol–water partition coefficient (Wildman–Crippen LogP) is 1.60. The number of hydrogen-bond donors (Lipinski definition) is 0. The molecule has 0 unspecified atom stereocenters. The number of hydrogen-bond acceptors (Lipinski definition) is 4. The maximum absolute atomic E-state index is 5.63. The molecule has 2 saturated heterocycles. The molecule has 0 spiro atoms. The van der Waals surface area contributed by atoms with Crippen LogP contribution in [0.3, 0.4) is 0 Å². The van der Waals surface area contributed by atoms with Gasteiger partial charge in [-0.25, -0.2) is 0 Å². The van der Waals surface area contributed by atoms with E-state index < -0.39 is 0 Å². The normalized spacial score (nSPS) is 22.1. The molecule has 0 aliphatic carbocycles. The van der Waals surface area contributed by atoms with Gasteiger partial charge < -0.3 is 19.3 Å². The molecule has 4 heteroatoms. The molecule has 0 N–H and O–H groups in total. The second-order valence-electron chi connectivity index (χ2n) is 5.68. The van der Waals surface area contributed by atoms with E-state index in [9.17, 15) is 0 Å². The van der Waals surface area contributed by atoms with Gasteiger partial charge in [0, 0.05) is 13.1 Å². The number of rotatable bonds is 9. The number of nitrogens with zero attached hydrogens (tertiary/aromatic N) is 2. The highest BCUT2D eigenvalue weighted by Crippen LogP contribution is 2.07. The Bertz CT molecular complexity index is 214. The molecule has 112 valence electrons. The molecular formula is C15H30N2O2. The number of likely N-dealkylation sites (tertiary alicyclic amines) is 2. The van der Waals surface area contributed by atoms with Gasteiger partial charge in [-0.2, -0.15) is 0 Å². The van der Waals surface area contributed by atoms with Crippen LogP contribution in [-0.4, -0.2) is 75.5 Å². The van der Waals surface area contributed by atoms with Crippen molar-refractivity contribution in [1.29, 1.82) is 0 Å². The van der Waals surface area contributed by atoms with Crippen LogP contribution in [0.1, 0.15) is 32.1 Å². The van der Waals surface area contributed by atoms with E-state index in [4.69, 9.17) is 9.47 Å². The largest absolute Gasteiger partial charge is 0.378 e. The van der Waals surface area contributed by atoms with Gasteiger partial charge in [0.25, 0.3) is 0 Å². The second kappa shape index (κ2) is 9.70. The standard InChI is InChI=1S/C15H30N2O2/c1-2-6-16(7-3-1)10-12-18-14-15-19-13-11-17-8-4-5-9-17/h1-15H2. The van der Waals surface area contributed by atoms with E-state index >= 15 is 0 Å². The van der Waals surface area contributed by atoms with E-state index in [1.807, 2.05) is 0 Å². The molecule has 0 aromatic heterocycles. The molecule has 4 nitrogen and oxygen atoms in total. The highest BCUT2D eigenvalue weighted by atomic mass is 16.5. The van der Waals surface area contributed by atoms with Crippen LogP contribution < -0.4 is 0 Å². The third kappa shape index (κ3) is 6.70. The molecule has 2 heterocycles. The summed E-state index contributed by atoms with van der Waals surface area (Å²) in [5.74, 6) is 0. The van der Waals surface area contributed by atoms with Crippen molar-refractivity contribution in [3.05, 3.63) is 0 Å². The third-order valence-electron chi connectivity index (χ3n) is 4.12. The molecule has 19 heavy (non-hydrogen) atoms. The van der Waals surface area contributed by atoms with Gasteiger partial charge in [0.2, 0.25) is 0 Å². The fourth-order valence-corrected chi connectivity index (χ4v) is 2.90. The van der Waals surface area contributed by atoms with E-state index in [0.717, 1.165) is 39.5 Å². The van der Waals surface area contributed by atoms with Crippen LogP contribution >= 0.6 is 0 Å². The SMILES string of the molecule is C1CCN(CCOCCOCCN2CCCC2)CC1. The summed E-state index contributed by atoms with van der Waals surface area (Å²) < 4.78 is 11.2. The minimum atomic E-state index is 0.744. The maximum Gasteiger partial charge on any atom is 0.0701 e. The van der Waals surface area contributed by atoms with Crippen molar-refractivity contribution >= 4 is 0 Å². The minimum absolute atomic E-state index is 0.744. The average Bonchev–Trinajstić information content (AvgIpc) is 2.96. The fraction of sp³-hybridized carbons (Fsp3) is 1.00. The Balaban J connectivity index is 1.32. The van der Waals surface area contributed by atoms with Gasteiger partial charge in [0.05, 0.1) is 26.4 Å². The Kier molecular flexibility index (Phi) is 7.78. The highest BCUT2D eigenvalue weighted by Gasteiger charge is 2.10. The van der Waals surface area contributed by atoms with Crippen molar-refractivity contribution < 1.29 is 9.47 Å². The summed E-state index contributed by atoms with van der Waals surface area (Å²) in [7, 11) is 0.